The number of aromatic nitrogens is 2. The highest BCUT2D eigenvalue weighted by Crippen LogP contribution is 2.21. The summed E-state index contributed by atoms with van der Waals surface area (Å²) in [6.07, 6.45) is 1.97. The van der Waals surface area contributed by atoms with Crippen LogP contribution in [-0.2, 0) is 6.54 Å². The molecule has 19 heavy (non-hydrogen) atoms. The second-order valence-corrected chi connectivity index (χ2v) is 6.15. The molecule has 0 radical (unpaired) electrons. The maximum Gasteiger partial charge on any atom is 0.0767 e. The van der Waals surface area contributed by atoms with Crippen LogP contribution in [0.1, 0.15) is 32.0 Å². The van der Waals surface area contributed by atoms with Gasteiger partial charge in [0.2, 0.25) is 0 Å². The van der Waals surface area contributed by atoms with Crippen molar-refractivity contribution in [3.63, 3.8) is 0 Å². The maximum absolute atomic E-state index is 6.14. The molecule has 1 aromatic carbocycles. The van der Waals surface area contributed by atoms with E-state index < -0.39 is 0 Å². The standard InChI is InChI=1S/C15H20ClN3/c1-11-13(16)6-5-7-14(11)19-9-8-12(18-19)10-17-15(2,3)4/h5-9,17H,10H2,1-4H3. The molecule has 1 heterocycles. The first-order valence-electron chi connectivity index (χ1n) is 6.42. The van der Waals surface area contributed by atoms with E-state index in [0.717, 1.165) is 28.5 Å². The fourth-order valence-corrected chi connectivity index (χ4v) is 1.96. The third-order valence-electron chi connectivity index (χ3n) is 2.93. The van der Waals surface area contributed by atoms with E-state index in [-0.39, 0.29) is 5.54 Å². The normalized spacial score (nSPS) is 11.8. The first-order chi connectivity index (χ1) is 8.87. The van der Waals surface area contributed by atoms with E-state index in [9.17, 15) is 0 Å². The second kappa shape index (κ2) is 5.35. The molecule has 0 unspecified atom stereocenters. The molecule has 0 saturated heterocycles. The average Bonchev–Trinajstić information content (AvgIpc) is 2.78. The van der Waals surface area contributed by atoms with E-state index in [0.29, 0.717) is 0 Å². The number of rotatable bonds is 3. The van der Waals surface area contributed by atoms with Crippen LogP contribution in [-0.4, -0.2) is 15.3 Å². The third-order valence-corrected chi connectivity index (χ3v) is 3.34. The van der Waals surface area contributed by atoms with Crippen molar-refractivity contribution in [2.45, 2.75) is 39.8 Å². The molecule has 0 bridgehead atoms. The fraction of sp³-hybridized carbons (Fsp3) is 0.400. The van der Waals surface area contributed by atoms with Gasteiger partial charge in [0, 0.05) is 23.3 Å². The summed E-state index contributed by atoms with van der Waals surface area (Å²) in [7, 11) is 0. The second-order valence-electron chi connectivity index (χ2n) is 5.74. The zero-order chi connectivity index (χ0) is 14.0. The first-order valence-corrected chi connectivity index (χ1v) is 6.80. The molecule has 4 heteroatoms. The quantitative estimate of drug-likeness (QED) is 0.927. The molecule has 2 aromatic rings. The minimum absolute atomic E-state index is 0.0930. The molecule has 1 N–H and O–H groups in total. The van der Waals surface area contributed by atoms with Gasteiger partial charge in [0.1, 0.15) is 0 Å². The molecule has 1 aromatic heterocycles. The summed E-state index contributed by atoms with van der Waals surface area (Å²) in [5.74, 6) is 0. The minimum atomic E-state index is 0.0930. The molecule has 0 aliphatic carbocycles. The highest BCUT2D eigenvalue weighted by molar-refractivity contribution is 6.31. The lowest BCUT2D eigenvalue weighted by Gasteiger charge is -2.19. The van der Waals surface area contributed by atoms with E-state index in [1.807, 2.05) is 42.1 Å². The van der Waals surface area contributed by atoms with Crippen molar-refractivity contribution in [2.24, 2.45) is 0 Å². The Labute approximate surface area is 119 Å². The van der Waals surface area contributed by atoms with Crippen LogP contribution < -0.4 is 5.32 Å². The van der Waals surface area contributed by atoms with Crippen LogP contribution in [0, 0.1) is 6.92 Å². The Hall–Kier alpha value is -1.32. The van der Waals surface area contributed by atoms with Crippen molar-refractivity contribution in [3.05, 3.63) is 46.7 Å². The molecular weight excluding hydrogens is 258 g/mol. The Morgan fingerprint density at radius 2 is 2.00 bits per heavy atom. The van der Waals surface area contributed by atoms with Crippen molar-refractivity contribution < 1.29 is 0 Å². The Bertz CT molecular complexity index is 567. The summed E-state index contributed by atoms with van der Waals surface area (Å²) in [6, 6.07) is 7.89. The monoisotopic (exact) mass is 277 g/mol. The molecule has 3 nitrogen and oxygen atoms in total. The Morgan fingerprint density at radius 1 is 1.26 bits per heavy atom. The van der Waals surface area contributed by atoms with Gasteiger partial charge in [-0.3, -0.25) is 0 Å². The molecular formula is C15H20ClN3. The number of nitrogens with zero attached hydrogens (tertiary/aromatic N) is 2. The van der Waals surface area contributed by atoms with Gasteiger partial charge in [-0.1, -0.05) is 17.7 Å². The Morgan fingerprint density at radius 3 is 2.68 bits per heavy atom. The van der Waals surface area contributed by atoms with E-state index in [1.165, 1.54) is 0 Å². The molecule has 102 valence electrons. The van der Waals surface area contributed by atoms with E-state index >= 15 is 0 Å². The van der Waals surface area contributed by atoms with E-state index in [1.54, 1.807) is 0 Å². The molecule has 0 amide bonds. The summed E-state index contributed by atoms with van der Waals surface area (Å²) in [4.78, 5) is 0. The summed E-state index contributed by atoms with van der Waals surface area (Å²) in [5.41, 5.74) is 3.18. The molecule has 2 rings (SSSR count). The van der Waals surface area contributed by atoms with Crippen LogP contribution in [0.5, 0.6) is 0 Å². The molecule has 0 aliphatic rings. The van der Waals surface area contributed by atoms with Gasteiger partial charge in [-0.2, -0.15) is 5.10 Å². The van der Waals surface area contributed by atoms with Crippen molar-refractivity contribution in [1.29, 1.82) is 0 Å². The van der Waals surface area contributed by atoms with Crippen molar-refractivity contribution in [1.82, 2.24) is 15.1 Å². The summed E-state index contributed by atoms with van der Waals surface area (Å²) < 4.78 is 1.88. The van der Waals surface area contributed by atoms with Crippen LogP contribution >= 0.6 is 11.6 Å². The average molecular weight is 278 g/mol. The van der Waals surface area contributed by atoms with Gasteiger partial charge in [-0.25, -0.2) is 4.68 Å². The first kappa shape index (κ1) is 14.1. The molecule has 0 atom stereocenters. The topological polar surface area (TPSA) is 29.9 Å². The fourth-order valence-electron chi connectivity index (χ4n) is 1.79. The SMILES string of the molecule is Cc1c(Cl)cccc1-n1ccc(CNC(C)(C)C)n1. The van der Waals surface area contributed by atoms with E-state index in [4.69, 9.17) is 11.6 Å². The van der Waals surface area contributed by atoms with Crippen molar-refractivity contribution in [3.8, 4) is 5.69 Å². The highest BCUT2D eigenvalue weighted by atomic mass is 35.5. The zero-order valence-electron chi connectivity index (χ0n) is 11.9. The molecule has 0 aliphatic heterocycles. The third kappa shape index (κ3) is 3.58. The Balaban J connectivity index is 2.19. The smallest absolute Gasteiger partial charge is 0.0767 e. The van der Waals surface area contributed by atoms with Crippen LogP contribution in [0.4, 0.5) is 0 Å². The summed E-state index contributed by atoms with van der Waals surface area (Å²) in [6.45, 7) is 9.20. The maximum atomic E-state index is 6.14. The van der Waals surface area contributed by atoms with Gasteiger partial charge in [0.15, 0.2) is 0 Å². The largest absolute Gasteiger partial charge is 0.306 e. The van der Waals surface area contributed by atoms with E-state index in [2.05, 4.69) is 31.2 Å². The molecule has 0 spiro atoms. The lowest BCUT2D eigenvalue weighted by molar-refractivity contribution is 0.420. The van der Waals surface area contributed by atoms with Gasteiger partial charge >= 0.3 is 0 Å². The minimum Gasteiger partial charge on any atom is -0.306 e. The highest BCUT2D eigenvalue weighted by Gasteiger charge is 2.10. The van der Waals surface area contributed by atoms with Gasteiger partial charge in [0.05, 0.1) is 11.4 Å². The van der Waals surface area contributed by atoms with Crippen LogP contribution in [0.2, 0.25) is 5.02 Å². The van der Waals surface area contributed by atoms with Gasteiger partial charge in [-0.15, -0.1) is 0 Å². The number of hydrogen-bond donors (Lipinski definition) is 1. The number of halogens is 1. The summed E-state index contributed by atoms with van der Waals surface area (Å²) in [5, 5.41) is 8.77. The van der Waals surface area contributed by atoms with Crippen molar-refractivity contribution in [2.75, 3.05) is 0 Å². The molecule has 0 saturated carbocycles. The summed E-state index contributed by atoms with van der Waals surface area (Å²) >= 11 is 6.14. The van der Waals surface area contributed by atoms with Crippen molar-refractivity contribution >= 4 is 11.6 Å². The lowest BCUT2D eigenvalue weighted by Crippen LogP contribution is -2.35. The molecule has 0 fully saturated rings. The van der Waals surface area contributed by atoms with Crippen LogP contribution in [0.25, 0.3) is 5.69 Å². The van der Waals surface area contributed by atoms with Crippen LogP contribution in [0.3, 0.4) is 0 Å². The number of nitrogens with one attached hydrogen (secondary N) is 1. The predicted octanol–water partition coefficient (Wildman–Crippen LogP) is 3.72. The predicted molar refractivity (Wildman–Crippen MR) is 79.9 cm³/mol. The van der Waals surface area contributed by atoms with Gasteiger partial charge in [0.25, 0.3) is 0 Å². The lowest BCUT2D eigenvalue weighted by atomic mass is 10.1. The Kier molecular flexibility index (Phi) is 3.97. The number of hydrogen-bond acceptors (Lipinski definition) is 2. The van der Waals surface area contributed by atoms with Crippen LogP contribution in [0.15, 0.2) is 30.5 Å². The number of benzene rings is 1. The van der Waals surface area contributed by atoms with Gasteiger partial charge in [-0.05, 0) is 51.5 Å². The zero-order valence-corrected chi connectivity index (χ0v) is 12.6. The van der Waals surface area contributed by atoms with Gasteiger partial charge < -0.3 is 5.32 Å².